The van der Waals surface area contributed by atoms with Crippen molar-refractivity contribution < 1.29 is 0 Å². The lowest BCUT2D eigenvalue weighted by Crippen LogP contribution is -2.09. The van der Waals surface area contributed by atoms with E-state index in [0.717, 1.165) is 0 Å². The lowest BCUT2D eigenvalue weighted by Gasteiger charge is -2.11. The second kappa shape index (κ2) is 4.58. The first-order valence-electron chi connectivity index (χ1n) is 3.65. The molecule has 7 heteroatoms. The van der Waals surface area contributed by atoms with Gasteiger partial charge in [0, 0.05) is 5.56 Å². The number of rotatable bonds is 1. The third-order valence-electron chi connectivity index (χ3n) is 1.51. The largest absolute Gasteiger partial charge is 0.250 e. The van der Waals surface area contributed by atoms with Crippen LogP contribution in [0.2, 0.25) is 10.3 Å². The maximum absolute atomic E-state index is 5.83. The van der Waals surface area contributed by atoms with Gasteiger partial charge in [-0.2, -0.15) is 0 Å². The van der Waals surface area contributed by atoms with Crippen LogP contribution in [0.5, 0.6) is 0 Å². The third kappa shape index (κ3) is 2.77. The Morgan fingerprint density at radius 3 is 1.79 bits per heavy atom. The Morgan fingerprint density at radius 2 is 1.50 bits per heavy atom. The Labute approximate surface area is 106 Å². The maximum Gasteiger partial charge on any atom is 0.250 e. The van der Waals surface area contributed by atoms with Crippen molar-refractivity contribution in [3.63, 3.8) is 0 Å². The van der Waals surface area contributed by atoms with E-state index in [-0.39, 0.29) is 16.1 Å². The van der Waals surface area contributed by atoms with E-state index in [4.69, 9.17) is 58.0 Å². The molecule has 0 N–H and O–H groups in total. The van der Waals surface area contributed by atoms with Crippen LogP contribution in [0.15, 0.2) is 0 Å². The van der Waals surface area contributed by atoms with Crippen molar-refractivity contribution in [1.82, 2.24) is 9.97 Å². The molecule has 0 aliphatic heterocycles. The van der Waals surface area contributed by atoms with E-state index in [1.165, 1.54) is 0 Å². The Kier molecular flexibility index (Phi) is 4.12. The van der Waals surface area contributed by atoms with E-state index >= 15 is 0 Å². The van der Waals surface area contributed by atoms with E-state index in [1.807, 2.05) is 6.92 Å². The molecule has 0 aliphatic carbocycles. The predicted octanol–water partition coefficient (Wildman–Crippen LogP) is 4.17. The molecule has 0 unspecified atom stereocenters. The van der Waals surface area contributed by atoms with E-state index < -0.39 is 3.79 Å². The average Bonchev–Trinajstić information content (AvgIpc) is 2.01. The van der Waals surface area contributed by atoms with Gasteiger partial charge in [0.2, 0.25) is 3.79 Å². The van der Waals surface area contributed by atoms with Crippen molar-refractivity contribution in [2.45, 2.75) is 17.1 Å². The summed E-state index contributed by atoms with van der Waals surface area (Å²) in [6.07, 6.45) is 0.623. The van der Waals surface area contributed by atoms with Crippen LogP contribution < -0.4 is 0 Å². The first-order chi connectivity index (χ1) is 6.36. The molecule has 0 bridgehead atoms. The molecule has 0 saturated carbocycles. The molecule has 0 saturated heterocycles. The highest BCUT2D eigenvalue weighted by Crippen LogP contribution is 2.37. The highest BCUT2D eigenvalue weighted by molar-refractivity contribution is 6.66. The van der Waals surface area contributed by atoms with Crippen LogP contribution in [0.4, 0.5) is 0 Å². The summed E-state index contributed by atoms with van der Waals surface area (Å²) < 4.78 is -1.71. The highest BCUT2D eigenvalue weighted by Gasteiger charge is 2.28. The minimum atomic E-state index is -1.71. The third-order valence-corrected chi connectivity index (χ3v) is 2.65. The SMILES string of the molecule is CCc1c(Cl)nc(C(Cl)(Cl)Cl)nc1Cl. The van der Waals surface area contributed by atoms with Gasteiger partial charge < -0.3 is 0 Å². The van der Waals surface area contributed by atoms with Gasteiger partial charge in [0.05, 0.1) is 0 Å². The average molecular weight is 294 g/mol. The summed E-state index contributed by atoms with van der Waals surface area (Å²) in [4.78, 5) is 7.70. The first kappa shape index (κ1) is 12.6. The Balaban J connectivity index is 3.28. The van der Waals surface area contributed by atoms with E-state index in [0.29, 0.717) is 12.0 Å². The molecule has 1 aromatic heterocycles. The second-order valence-electron chi connectivity index (χ2n) is 2.46. The van der Waals surface area contributed by atoms with Crippen LogP contribution in [0.1, 0.15) is 18.3 Å². The minimum Gasteiger partial charge on any atom is -0.216 e. The summed E-state index contributed by atoms with van der Waals surface area (Å²) >= 11 is 28.4. The van der Waals surface area contributed by atoms with Gasteiger partial charge in [-0.3, -0.25) is 0 Å². The molecule has 1 heterocycles. The van der Waals surface area contributed by atoms with Gasteiger partial charge in [0.15, 0.2) is 5.82 Å². The van der Waals surface area contributed by atoms with E-state index in [1.54, 1.807) is 0 Å². The Bertz CT molecular complexity index is 323. The van der Waals surface area contributed by atoms with Crippen LogP contribution in [-0.2, 0) is 10.2 Å². The maximum atomic E-state index is 5.83. The number of hydrogen-bond acceptors (Lipinski definition) is 2. The predicted molar refractivity (Wildman–Crippen MR) is 60.7 cm³/mol. The molecule has 1 aromatic rings. The van der Waals surface area contributed by atoms with Crippen molar-refractivity contribution in [2.75, 3.05) is 0 Å². The summed E-state index contributed by atoms with van der Waals surface area (Å²) in [6.45, 7) is 1.88. The van der Waals surface area contributed by atoms with Gasteiger partial charge in [0.1, 0.15) is 10.3 Å². The number of halogens is 5. The van der Waals surface area contributed by atoms with Crippen LogP contribution in [0.3, 0.4) is 0 Å². The normalized spacial score (nSPS) is 11.9. The highest BCUT2D eigenvalue weighted by atomic mass is 35.6. The molecule has 0 fully saturated rings. The Hall–Kier alpha value is 0.530. The van der Waals surface area contributed by atoms with Gasteiger partial charge in [-0.1, -0.05) is 64.9 Å². The lowest BCUT2D eigenvalue weighted by molar-refractivity contribution is 0.936. The summed E-state index contributed by atoms with van der Waals surface area (Å²) in [7, 11) is 0. The fourth-order valence-electron chi connectivity index (χ4n) is 0.850. The smallest absolute Gasteiger partial charge is 0.216 e. The number of nitrogens with zero attached hydrogens (tertiary/aromatic N) is 2. The molecule has 0 aromatic carbocycles. The van der Waals surface area contributed by atoms with Gasteiger partial charge in [0.25, 0.3) is 0 Å². The monoisotopic (exact) mass is 292 g/mol. The second-order valence-corrected chi connectivity index (χ2v) is 5.46. The topological polar surface area (TPSA) is 25.8 Å². The molecule has 0 amide bonds. The molecular formula is C7H5Cl5N2. The number of alkyl halides is 3. The molecule has 0 spiro atoms. The van der Waals surface area contributed by atoms with Crippen molar-refractivity contribution in [2.24, 2.45) is 0 Å². The van der Waals surface area contributed by atoms with Gasteiger partial charge in [-0.05, 0) is 6.42 Å². The Morgan fingerprint density at radius 1 is 1.07 bits per heavy atom. The van der Waals surface area contributed by atoms with Crippen LogP contribution in [0.25, 0.3) is 0 Å². The standard InChI is InChI=1S/C7H5Cl5N2/c1-2-3-4(8)13-6(7(10,11)12)14-5(3)9/h2H2,1H3. The molecule has 2 nitrogen and oxygen atoms in total. The van der Waals surface area contributed by atoms with Gasteiger partial charge in [-0.25, -0.2) is 9.97 Å². The summed E-state index contributed by atoms with van der Waals surface area (Å²) in [5, 5.41) is 0.433. The molecule has 0 aliphatic rings. The van der Waals surface area contributed by atoms with Crippen LogP contribution >= 0.6 is 58.0 Å². The lowest BCUT2D eigenvalue weighted by atomic mass is 10.3. The van der Waals surface area contributed by atoms with Crippen molar-refractivity contribution in [3.05, 3.63) is 21.7 Å². The van der Waals surface area contributed by atoms with Crippen molar-refractivity contribution in [1.29, 1.82) is 0 Å². The molecule has 14 heavy (non-hydrogen) atoms. The quantitative estimate of drug-likeness (QED) is 0.574. The zero-order valence-corrected chi connectivity index (χ0v) is 10.8. The first-order valence-corrected chi connectivity index (χ1v) is 5.54. The van der Waals surface area contributed by atoms with Crippen molar-refractivity contribution >= 4 is 58.0 Å². The zero-order valence-electron chi connectivity index (χ0n) is 6.99. The molecule has 0 atom stereocenters. The fourth-order valence-corrected chi connectivity index (χ4v) is 1.76. The van der Waals surface area contributed by atoms with Gasteiger partial charge >= 0.3 is 0 Å². The van der Waals surface area contributed by atoms with Crippen molar-refractivity contribution in [3.8, 4) is 0 Å². The fraction of sp³-hybridized carbons (Fsp3) is 0.429. The molecule has 1 rings (SSSR count). The summed E-state index contributed by atoms with van der Waals surface area (Å²) in [6, 6.07) is 0. The van der Waals surface area contributed by atoms with E-state index in [9.17, 15) is 0 Å². The molecular weight excluding hydrogens is 289 g/mol. The summed E-state index contributed by atoms with van der Waals surface area (Å²) in [5.74, 6) is -0.0188. The van der Waals surface area contributed by atoms with Gasteiger partial charge in [-0.15, -0.1) is 0 Å². The number of hydrogen-bond donors (Lipinski definition) is 0. The zero-order chi connectivity index (χ0) is 10.9. The number of aromatic nitrogens is 2. The molecule has 78 valence electrons. The van der Waals surface area contributed by atoms with Crippen LogP contribution in [0, 0.1) is 0 Å². The van der Waals surface area contributed by atoms with E-state index in [2.05, 4.69) is 9.97 Å². The van der Waals surface area contributed by atoms with Crippen LogP contribution in [-0.4, -0.2) is 9.97 Å². The minimum absolute atomic E-state index is 0.0188. The summed E-state index contributed by atoms with van der Waals surface area (Å²) in [5.41, 5.74) is 0.645. The molecule has 0 radical (unpaired) electrons.